The van der Waals surface area contributed by atoms with Gasteiger partial charge in [-0.15, -0.1) is 0 Å². The smallest absolute Gasteiger partial charge is 0.261 e. The van der Waals surface area contributed by atoms with Gasteiger partial charge in [-0.25, -0.2) is 4.98 Å². The van der Waals surface area contributed by atoms with Crippen LogP contribution in [0.15, 0.2) is 95.8 Å². The highest BCUT2D eigenvalue weighted by Gasteiger charge is 2.16. The third kappa shape index (κ3) is 3.46. The number of rotatable bonds is 5. The molecule has 0 unspecified atom stereocenters. The Kier molecular flexibility index (Phi) is 4.97. The topological polar surface area (TPSA) is 44.1 Å². The van der Waals surface area contributed by atoms with Crippen molar-refractivity contribution in [1.82, 2.24) is 9.55 Å². The van der Waals surface area contributed by atoms with E-state index in [0.717, 1.165) is 28.5 Å². The molecule has 0 aliphatic rings. The number of nitrogens with zero attached hydrogens (tertiary/aromatic N) is 2. The number of hydrogen-bond donors (Lipinski definition) is 0. The summed E-state index contributed by atoms with van der Waals surface area (Å²) < 4.78 is 7.37. The number of aryl methyl sites for hydroxylation is 1. The van der Waals surface area contributed by atoms with E-state index in [1.807, 2.05) is 77.4 Å². The van der Waals surface area contributed by atoms with E-state index in [4.69, 9.17) is 9.72 Å². The summed E-state index contributed by atoms with van der Waals surface area (Å²) in [6.07, 6.45) is 0.752. The van der Waals surface area contributed by atoms with E-state index in [9.17, 15) is 4.79 Å². The molecular weight excluding hydrogens is 384 g/mol. The molecule has 0 atom stereocenters. The molecule has 0 saturated carbocycles. The van der Waals surface area contributed by atoms with Crippen molar-refractivity contribution < 1.29 is 4.74 Å². The van der Waals surface area contributed by atoms with Crippen LogP contribution in [0.3, 0.4) is 0 Å². The molecule has 0 fully saturated rings. The molecule has 0 aliphatic heterocycles. The van der Waals surface area contributed by atoms with Gasteiger partial charge in [-0.05, 0) is 41.6 Å². The summed E-state index contributed by atoms with van der Waals surface area (Å²) in [5.74, 6) is 1.48. The van der Waals surface area contributed by atoms with Gasteiger partial charge < -0.3 is 4.74 Å². The molecule has 0 bridgehead atoms. The lowest BCUT2D eigenvalue weighted by atomic mass is 10.0. The Labute approximate surface area is 180 Å². The monoisotopic (exact) mass is 406 g/mol. The Morgan fingerprint density at radius 2 is 1.45 bits per heavy atom. The zero-order valence-corrected chi connectivity index (χ0v) is 17.3. The molecule has 5 aromatic rings. The zero-order chi connectivity index (χ0) is 21.2. The minimum Gasteiger partial charge on any atom is -0.496 e. The van der Waals surface area contributed by atoms with Gasteiger partial charge in [0.25, 0.3) is 5.56 Å². The minimum atomic E-state index is -0.0172. The Hall–Kier alpha value is -3.92. The quantitative estimate of drug-likeness (QED) is 0.389. The molecule has 4 aromatic carbocycles. The molecule has 5 rings (SSSR count). The molecular formula is C27H22N2O2. The summed E-state index contributed by atoms with van der Waals surface area (Å²) in [5, 5.41) is 2.65. The highest BCUT2D eigenvalue weighted by atomic mass is 16.5. The molecule has 0 radical (unpaired) electrons. The van der Waals surface area contributed by atoms with Gasteiger partial charge in [0.15, 0.2) is 0 Å². The van der Waals surface area contributed by atoms with Gasteiger partial charge in [-0.2, -0.15) is 0 Å². The van der Waals surface area contributed by atoms with Crippen LogP contribution < -0.4 is 10.3 Å². The summed E-state index contributed by atoms with van der Waals surface area (Å²) in [6, 6.07) is 29.8. The van der Waals surface area contributed by atoms with Crippen LogP contribution in [0.2, 0.25) is 0 Å². The average molecular weight is 406 g/mol. The number of methoxy groups -OCH3 is 1. The van der Waals surface area contributed by atoms with Crippen molar-refractivity contribution in [3.63, 3.8) is 0 Å². The van der Waals surface area contributed by atoms with E-state index < -0.39 is 0 Å². The standard InChI is InChI=1S/C27H22N2O2/c1-31-25-16-15-22(20-11-5-6-12-21(20)25)26-28-24-14-8-7-13-23(24)27(30)29(26)18-17-19-9-3-2-4-10-19/h2-16H,17-18H2,1H3. The van der Waals surface area contributed by atoms with Gasteiger partial charge in [-0.3, -0.25) is 9.36 Å². The average Bonchev–Trinajstić information content (AvgIpc) is 2.83. The lowest BCUT2D eigenvalue weighted by Gasteiger charge is -2.16. The van der Waals surface area contributed by atoms with Gasteiger partial charge >= 0.3 is 0 Å². The van der Waals surface area contributed by atoms with Crippen LogP contribution in [-0.4, -0.2) is 16.7 Å². The highest BCUT2D eigenvalue weighted by Crippen LogP contribution is 2.33. The van der Waals surface area contributed by atoms with Crippen molar-refractivity contribution in [1.29, 1.82) is 0 Å². The second-order valence-corrected chi connectivity index (χ2v) is 7.51. The van der Waals surface area contributed by atoms with E-state index in [2.05, 4.69) is 18.2 Å². The summed E-state index contributed by atoms with van der Waals surface area (Å²) in [5.41, 5.74) is 2.80. The van der Waals surface area contributed by atoms with Crippen molar-refractivity contribution in [2.75, 3.05) is 7.11 Å². The van der Waals surface area contributed by atoms with E-state index in [0.29, 0.717) is 23.3 Å². The number of para-hydroxylation sites is 1. The number of hydrogen-bond acceptors (Lipinski definition) is 3. The van der Waals surface area contributed by atoms with Crippen LogP contribution >= 0.6 is 0 Å². The predicted molar refractivity (Wildman–Crippen MR) is 126 cm³/mol. The summed E-state index contributed by atoms with van der Waals surface area (Å²) >= 11 is 0. The predicted octanol–water partition coefficient (Wildman–Crippen LogP) is 5.47. The van der Waals surface area contributed by atoms with Crippen LogP contribution in [0.4, 0.5) is 0 Å². The molecule has 4 nitrogen and oxygen atoms in total. The number of aromatic nitrogens is 2. The Bertz CT molecular complexity index is 1440. The number of fused-ring (bicyclic) bond motifs is 2. The number of benzene rings is 4. The fourth-order valence-electron chi connectivity index (χ4n) is 4.11. The Morgan fingerprint density at radius 1 is 0.774 bits per heavy atom. The third-order valence-corrected chi connectivity index (χ3v) is 5.67. The SMILES string of the molecule is COc1ccc(-c2nc3ccccc3c(=O)n2CCc2ccccc2)c2ccccc12. The van der Waals surface area contributed by atoms with Gasteiger partial charge in [-0.1, -0.05) is 66.7 Å². The summed E-state index contributed by atoms with van der Waals surface area (Å²) in [7, 11) is 1.67. The number of ether oxygens (including phenoxy) is 1. The first-order valence-electron chi connectivity index (χ1n) is 10.4. The van der Waals surface area contributed by atoms with Crippen LogP contribution in [0, 0.1) is 0 Å². The van der Waals surface area contributed by atoms with E-state index in [1.54, 1.807) is 7.11 Å². The minimum absolute atomic E-state index is 0.0172. The molecule has 0 N–H and O–H groups in total. The van der Waals surface area contributed by atoms with Crippen LogP contribution in [0.1, 0.15) is 5.56 Å². The molecule has 1 aromatic heterocycles. The van der Waals surface area contributed by atoms with Crippen molar-refractivity contribution in [3.8, 4) is 17.1 Å². The lowest BCUT2D eigenvalue weighted by Crippen LogP contribution is -2.24. The van der Waals surface area contributed by atoms with Crippen molar-refractivity contribution in [2.45, 2.75) is 13.0 Å². The second-order valence-electron chi connectivity index (χ2n) is 7.51. The Morgan fingerprint density at radius 3 is 2.23 bits per heavy atom. The van der Waals surface area contributed by atoms with Gasteiger partial charge in [0, 0.05) is 17.5 Å². The molecule has 31 heavy (non-hydrogen) atoms. The molecule has 4 heteroatoms. The van der Waals surface area contributed by atoms with Gasteiger partial charge in [0.2, 0.25) is 0 Å². The largest absolute Gasteiger partial charge is 0.496 e. The maximum Gasteiger partial charge on any atom is 0.261 e. The molecule has 0 amide bonds. The summed E-state index contributed by atoms with van der Waals surface area (Å²) in [6.45, 7) is 0.552. The molecule has 0 aliphatic carbocycles. The van der Waals surface area contributed by atoms with Crippen LogP contribution in [0.25, 0.3) is 33.1 Å². The molecule has 0 saturated heterocycles. The van der Waals surface area contributed by atoms with Crippen LogP contribution in [0.5, 0.6) is 5.75 Å². The third-order valence-electron chi connectivity index (χ3n) is 5.67. The maximum absolute atomic E-state index is 13.5. The van der Waals surface area contributed by atoms with E-state index in [-0.39, 0.29) is 5.56 Å². The lowest BCUT2D eigenvalue weighted by molar-refractivity contribution is 0.420. The van der Waals surface area contributed by atoms with Gasteiger partial charge in [0.05, 0.1) is 18.0 Å². The zero-order valence-electron chi connectivity index (χ0n) is 17.3. The highest BCUT2D eigenvalue weighted by molar-refractivity contribution is 5.99. The first-order chi connectivity index (χ1) is 15.3. The fourth-order valence-corrected chi connectivity index (χ4v) is 4.11. The maximum atomic E-state index is 13.5. The summed E-state index contributed by atoms with van der Waals surface area (Å²) in [4.78, 5) is 18.4. The van der Waals surface area contributed by atoms with E-state index >= 15 is 0 Å². The van der Waals surface area contributed by atoms with Crippen molar-refractivity contribution >= 4 is 21.7 Å². The van der Waals surface area contributed by atoms with Crippen molar-refractivity contribution in [2.24, 2.45) is 0 Å². The van der Waals surface area contributed by atoms with Crippen molar-refractivity contribution in [3.05, 3.63) is 107 Å². The van der Waals surface area contributed by atoms with Crippen LogP contribution in [-0.2, 0) is 13.0 Å². The first kappa shape index (κ1) is 19.1. The molecule has 0 spiro atoms. The fraction of sp³-hybridized carbons (Fsp3) is 0.111. The second kappa shape index (κ2) is 8.07. The molecule has 152 valence electrons. The first-order valence-corrected chi connectivity index (χ1v) is 10.4. The Balaban J connectivity index is 1.75. The van der Waals surface area contributed by atoms with E-state index in [1.165, 1.54) is 5.56 Å². The normalized spacial score (nSPS) is 11.1. The molecule has 1 heterocycles. The van der Waals surface area contributed by atoms with Gasteiger partial charge in [0.1, 0.15) is 11.6 Å².